The molecule has 10 rings (SSSR count). The molecule has 0 amide bonds. The van der Waals surface area contributed by atoms with Crippen LogP contribution in [0.25, 0.3) is 77.2 Å². The van der Waals surface area contributed by atoms with E-state index >= 15 is 0 Å². The molecule has 0 aliphatic carbocycles. The molecule has 0 spiro atoms. The molecule has 0 aliphatic heterocycles. The highest BCUT2D eigenvalue weighted by Gasteiger charge is 2.22. The first-order valence-corrected chi connectivity index (χ1v) is 19.6. The number of rotatable bonds is 8. The predicted octanol–water partition coefficient (Wildman–Crippen LogP) is 15.8. The third-order valence-corrected chi connectivity index (χ3v) is 11.1. The Hall–Kier alpha value is -7.48. The monoisotopic (exact) mass is 725 g/mol. The van der Waals surface area contributed by atoms with Gasteiger partial charge in [-0.15, -0.1) is 0 Å². The summed E-state index contributed by atoms with van der Waals surface area (Å²) in [6.07, 6.45) is 0. The molecule has 57 heavy (non-hydrogen) atoms. The molecule has 0 bridgehead atoms. The van der Waals surface area contributed by atoms with Gasteiger partial charge in [0.2, 0.25) is 0 Å². The average Bonchev–Trinajstić information content (AvgIpc) is 3.30. The molecule has 0 saturated carbocycles. The predicted molar refractivity (Wildman–Crippen MR) is 243 cm³/mol. The Kier molecular flexibility index (Phi) is 8.95. The van der Waals surface area contributed by atoms with Gasteiger partial charge in [0, 0.05) is 16.8 Å². The fraction of sp³-hybridized carbons (Fsp3) is 0. The van der Waals surface area contributed by atoms with Crippen LogP contribution in [0, 0.1) is 0 Å². The molecule has 0 radical (unpaired) electrons. The smallest absolute Gasteiger partial charge is 0.0540 e. The molecule has 1 nitrogen and oxygen atoms in total. The molecular formula is C56H39N. The first kappa shape index (κ1) is 34.0. The summed E-state index contributed by atoms with van der Waals surface area (Å²) in [4.78, 5) is 2.44. The third-order valence-electron chi connectivity index (χ3n) is 11.1. The van der Waals surface area contributed by atoms with Crippen LogP contribution < -0.4 is 4.90 Å². The number of anilines is 3. The minimum absolute atomic E-state index is 1.09. The second kappa shape index (κ2) is 15.0. The van der Waals surface area contributed by atoms with Crippen molar-refractivity contribution in [3.8, 4) is 55.6 Å². The van der Waals surface area contributed by atoms with E-state index < -0.39 is 0 Å². The van der Waals surface area contributed by atoms with E-state index in [1.54, 1.807) is 0 Å². The Labute approximate surface area is 334 Å². The maximum Gasteiger partial charge on any atom is 0.0540 e. The third kappa shape index (κ3) is 6.46. The Morgan fingerprint density at radius 1 is 0.211 bits per heavy atom. The zero-order chi connectivity index (χ0) is 38.0. The lowest BCUT2D eigenvalue weighted by Crippen LogP contribution is -2.12. The van der Waals surface area contributed by atoms with Crippen LogP contribution in [-0.4, -0.2) is 0 Å². The highest BCUT2D eigenvalue weighted by molar-refractivity contribution is 6.12. The van der Waals surface area contributed by atoms with E-state index in [2.05, 4.69) is 241 Å². The van der Waals surface area contributed by atoms with Gasteiger partial charge in [-0.05, 0) is 90.3 Å². The quantitative estimate of drug-likeness (QED) is 0.141. The number of para-hydroxylation sites is 2. The molecular weight excluding hydrogens is 687 g/mol. The average molecular weight is 726 g/mol. The van der Waals surface area contributed by atoms with Crippen molar-refractivity contribution in [3.63, 3.8) is 0 Å². The lowest BCUT2D eigenvalue weighted by atomic mass is 9.92. The van der Waals surface area contributed by atoms with Gasteiger partial charge < -0.3 is 4.90 Å². The summed E-state index contributed by atoms with van der Waals surface area (Å²) in [7, 11) is 0. The van der Waals surface area contributed by atoms with E-state index in [1.807, 2.05) is 0 Å². The molecule has 0 aromatic heterocycles. The molecule has 0 fully saturated rings. The molecule has 0 atom stereocenters. The molecule has 10 aromatic rings. The Morgan fingerprint density at radius 3 is 1.40 bits per heavy atom. The molecule has 1 heteroatoms. The normalized spacial score (nSPS) is 11.2. The van der Waals surface area contributed by atoms with Crippen LogP contribution in [0.2, 0.25) is 0 Å². The minimum Gasteiger partial charge on any atom is -0.309 e. The molecule has 0 saturated heterocycles. The summed E-state index contributed by atoms with van der Waals surface area (Å²) >= 11 is 0. The van der Waals surface area contributed by atoms with E-state index in [-0.39, 0.29) is 0 Å². The van der Waals surface area contributed by atoms with Crippen molar-refractivity contribution in [2.24, 2.45) is 0 Å². The minimum atomic E-state index is 1.09. The molecule has 10 aromatic carbocycles. The second-order valence-electron chi connectivity index (χ2n) is 14.5. The van der Waals surface area contributed by atoms with Crippen LogP contribution in [0.3, 0.4) is 0 Å². The molecule has 0 heterocycles. The highest BCUT2D eigenvalue weighted by Crippen LogP contribution is 2.47. The van der Waals surface area contributed by atoms with Crippen LogP contribution in [0.1, 0.15) is 0 Å². The first-order chi connectivity index (χ1) is 28.3. The Morgan fingerprint density at radius 2 is 0.667 bits per heavy atom. The maximum absolute atomic E-state index is 2.44. The Bertz CT molecular complexity index is 2980. The number of benzene rings is 10. The number of hydrogen-bond acceptors (Lipinski definition) is 1. The van der Waals surface area contributed by atoms with Crippen molar-refractivity contribution >= 4 is 38.6 Å². The van der Waals surface area contributed by atoms with Crippen molar-refractivity contribution in [3.05, 3.63) is 237 Å². The molecule has 0 N–H and O–H groups in total. The van der Waals surface area contributed by atoms with Crippen LogP contribution in [0.5, 0.6) is 0 Å². The fourth-order valence-electron chi connectivity index (χ4n) is 8.36. The van der Waals surface area contributed by atoms with Gasteiger partial charge in [0.15, 0.2) is 0 Å². The molecule has 0 unspecified atom stereocenters. The van der Waals surface area contributed by atoms with E-state index in [0.29, 0.717) is 0 Å². The molecule has 0 aliphatic rings. The Balaban J connectivity index is 1.14. The van der Waals surface area contributed by atoms with Crippen LogP contribution in [-0.2, 0) is 0 Å². The maximum atomic E-state index is 2.44. The standard InChI is InChI=1S/C56H39N/c1-3-16-40(17-4-1)41-30-32-45(33-31-41)50-23-11-13-28-55(50)57(56-29-14-12-25-54(56)52-24-10-9-22-47(52)42-18-5-2-6-19-42)46-37-34-44(35-38-46)49-26-15-27-51-48-21-8-7-20-43(48)36-39-53(49)51/h1-39H. The summed E-state index contributed by atoms with van der Waals surface area (Å²) in [5, 5.41) is 5.07. The van der Waals surface area contributed by atoms with Crippen molar-refractivity contribution in [1.82, 2.24) is 0 Å². The van der Waals surface area contributed by atoms with Gasteiger partial charge in [0.1, 0.15) is 0 Å². The van der Waals surface area contributed by atoms with Crippen LogP contribution in [0.15, 0.2) is 237 Å². The van der Waals surface area contributed by atoms with Crippen molar-refractivity contribution < 1.29 is 0 Å². The van der Waals surface area contributed by atoms with Crippen molar-refractivity contribution in [2.45, 2.75) is 0 Å². The number of hydrogen-bond donors (Lipinski definition) is 0. The SMILES string of the molecule is c1ccc(-c2ccc(-c3ccccc3N(c3ccc(-c4cccc5c4ccc4ccccc45)cc3)c3ccccc3-c3ccccc3-c3ccccc3)cc2)cc1. The second-order valence-corrected chi connectivity index (χ2v) is 14.5. The van der Waals surface area contributed by atoms with Crippen LogP contribution >= 0.6 is 0 Å². The van der Waals surface area contributed by atoms with Gasteiger partial charge in [-0.3, -0.25) is 0 Å². The summed E-state index contributed by atoms with van der Waals surface area (Å²) in [5.74, 6) is 0. The van der Waals surface area contributed by atoms with E-state index in [0.717, 1.165) is 33.8 Å². The largest absolute Gasteiger partial charge is 0.309 e. The number of nitrogens with zero attached hydrogens (tertiary/aromatic N) is 1. The summed E-state index contributed by atoms with van der Waals surface area (Å²) in [6.45, 7) is 0. The van der Waals surface area contributed by atoms with Gasteiger partial charge in [0.05, 0.1) is 11.4 Å². The van der Waals surface area contributed by atoms with Crippen LogP contribution in [0.4, 0.5) is 17.1 Å². The first-order valence-electron chi connectivity index (χ1n) is 19.6. The van der Waals surface area contributed by atoms with E-state index in [4.69, 9.17) is 0 Å². The molecule has 268 valence electrons. The summed E-state index contributed by atoms with van der Waals surface area (Å²) < 4.78 is 0. The zero-order valence-corrected chi connectivity index (χ0v) is 31.5. The lowest BCUT2D eigenvalue weighted by molar-refractivity contribution is 1.28. The van der Waals surface area contributed by atoms with Crippen molar-refractivity contribution in [1.29, 1.82) is 0 Å². The lowest BCUT2D eigenvalue weighted by Gasteiger charge is -2.30. The fourth-order valence-corrected chi connectivity index (χ4v) is 8.36. The van der Waals surface area contributed by atoms with Gasteiger partial charge in [-0.25, -0.2) is 0 Å². The topological polar surface area (TPSA) is 3.24 Å². The van der Waals surface area contributed by atoms with Gasteiger partial charge in [-0.1, -0.05) is 212 Å². The van der Waals surface area contributed by atoms with Gasteiger partial charge in [-0.2, -0.15) is 0 Å². The van der Waals surface area contributed by atoms with E-state index in [1.165, 1.54) is 60.5 Å². The van der Waals surface area contributed by atoms with Gasteiger partial charge in [0.25, 0.3) is 0 Å². The van der Waals surface area contributed by atoms with Gasteiger partial charge >= 0.3 is 0 Å². The number of fused-ring (bicyclic) bond motifs is 3. The summed E-state index contributed by atoms with van der Waals surface area (Å²) in [5.41, 5.74) is 15.2. The highest BCUT2D eigenvalue weighted by atomic mass is 15.1. The van der Waals surface area contributed by atoms with E-state index in [9.17, 15) is 0 Å². The van der Waals surface area contributed by atoms with Crippen molar-refractivity contribution in [2.75, 3.05) is 4.90 Å². The zero-order valence-electron chi connectivity index (χ0n) is 31.5. The summed E-state index contributed by atoms with van der Waals surface area (Å²) in [6, 6.07) is 85.6.